The van der Waals surface area contributed by atoms with E-state index in [1.54, 1.807) is 0 Å². The first kappa shape index (κ1) is 25.2. The van der Waals surface area contributed by atoms with Crippen molar-refractivity contribution < 1.29 is 8.98 Å². The number of aromatic nitrogens is 4. The van der Waals surface area contributed by atoms with Crippen LogP contribution in [0.25, 0.3) is 55.4 Å². The molecule has 6 aromatic rings. The highest BCUT2D eigenvalue weighted by Gasteiger charge is 2.26. The van der Waals surface area contributed by atoms with Gasteiger partial charge in [-0.3, -0.25) is 0 Å². The van der Waals surface area contributed by atoms with Crippen molar-refractivity contribution >= 4 is 32.7 Å². The quantitative estimate of drug-likeness (QED) is 0.219. The van der Waals surface area contributed by atoms with Gasteiger partial charge in [0.25, 0.3) is 0 Å². The van der Waals surface area contributed by atoms with Gasteiger partial charge in [-0.05, 0) is 42.1 Å². The molecule has 3 heterocycles. The van der Waals surface area contributed by atoms with Crippen LogP contribution in [0.2, 0.25) is 0 Å². The second kappa shape index (κ2) is 8.70. The largest absolute Gasteiger partial charge is 0.455 e. The molecule has 0 amide bonds. The van der Waals surface area contributed by atoms with E-state index in [1.165, 1.54) is 16.3 Å². The highest BCUT2D eigenvalue weighted by molar-refractivity contribution is 6.10. The molecule has 0 N–H and O–H groups in total. The number of furan rings is 1. The summed E-state index contributed by atoms with van der Waals surface area (Å²) in [5.74, 6) is 2.30. The van der Waals surface area contributed by atoms with Crippen LogP contribution in [0.1, 0.15) is 58.8 Å². The number of rotatable bonds is 2. The minimum atomic E-state index is -0.189. The van der Waals surface area contributed by atoms with Crippen molar-refractivity contribution in [2.45, 2.75) is 59.3 Å². The molecule has 0 bridgehead atoms. The molecule has 3 aromatic carbocycles. The molecular formula is C34H35N4O+. The maximum atomic E-state index is 6.57. The molecule has 0 saturated heterocycles. The van der Waals surface area contributed by atoms with Gasteiger partial charge in [0.05, 0.1) is 5.56 Å². The Morgan fingerprint density at radius 1 is 0.718 bits per heavy atom. The van der Waals surface area contributed by atoms with Gasteiger partial charge in [-0.1, -0.05) is 71.9 Å². The zero-order valence-electron chi connectivity index (χ0n) is 24.0. The monoisotopic (exact) mass is 515 g/mol. The molecule has 0 spiro atoms. The van der Waals surface area contributed by atoms with Crippen LogP contribution in [0, 0.1) is 6.92 Å². The molecule has 0 atom stereocenters. The number of pyridine rings is 1. The summed E-state index contributed by atoms with van der Waals surface area (Å²) in [6, 6.07) is 21.3. The molecule has 0 aliphatic carbocycles. The van der Waals surface area contributed by atoms with Crippen molar-refractivity contribution in [1.82, 2.24) is 15.0 Å². The lowest BCUT2D eigenvalue weighted by atomic mass is 9.93. The zero-order chi connectivity index (χ0) is 27.7. The van der Waals surface area contributed by atoms with Gasteiger partial charge in [0, 0.05) is 38.6 Å². The Labute approximate surface area is 229 Å². The van der Waals surface area contributed by atoms with Crippen molar-refractivity contribution in [2.75, 3.05) is 0 Å². The lowest BCUT2D eigenvalue weighted by Crippen LogP contribution is -2.30. The second-order valence-electron chi connectivity index (χ2n) is 12.7. The van der Waals surface area contributed by atoms with Gasteiger partial charge >= 0.3 is 0 Å². The number of hydrogen-bond acceptors (Lipinski definition) is 4. The maximum absolute atomic E-state index is 6.57. The lowest BCUT2D eigenvalue weighted by Gasteiger charge is -2.22. The van der Waals surface area contributed by atoms with Crippen LogP contribution in [0.15, 0.2) is 71.3 Å². The third-order valence-electron chi connectivity index (χ3n) is 7.34. The van der Waals surface area contributed by atoms with Crippen molar-refractivity contribution in [3.05, 3.63) is 84.1 Å². The molecular weight excluding hydrogens is 480 g/mol. The van der Waals surface area contributed by atoms with E-state index in [2.05, 4.69) is 121 Å². The normalized spacial score (nSPS) is 12.6. The summed E-state index contributed by atoms with van der Waals surface area (Å²) in [5, 5.41) is 4.56. The van der Waals surface area contributed by atoms with Gasteiger partial charge in [-0.15, -0.1) is 0 Å². The van der Waals surface area contributed by atoms with E-state index in [0.29, 0.717) is 5.82 Å². The van der Waals surface area contributed by atoms with Crippen molar-refractivity contribution in [3.63, 3.8) is 0 Å². The van der Waals surface area contributed by atoms with Gasteiger partial charge in [0.1, 0.15) is 29.9 Å². The molecule has 6 rings (SSSR count). The molecule has 0 saturated carbocycles. The van der Waals surface area contributed by atoms with Crippen molar-refractivity contribution in [1.29, 1.82) is 0 Å². The average molecular weight is 516 g/mol. The van der Waals surface area contributed by atoms with Crippen LogP contribution in [0.3, 0.4) is 0 Å². The van der Waals surface area contributed by atoms with E-state index < -0.39 is 0 Å². The fourth-order valence-corrected chi connectivity index (χ4v) is 5.11. The van der Waals surface area contributed by atoms with E-state index in [1.807, 2.05) is 6.07 Å². The van der Waals surface area contributed by atoms with Gasteiger partial charge in [-0.2, -0.15) is 0 Å². The summed E-state index contributed by atoms with van der Waals surface area (Å²) >= 11 is 0. The van der Waals surface area contributed by atoms with Crippen molar-refractivity contribution in [2.24, 2.45) is 7.05 Å². The summed E-state index contributed by atoms with van der Waals surface area (Å²) in [6.45, 7) is 15.0. The van der Waals surface area contributed by atoms with Gasteiger partial charge in [0.15, 0.2) is 12.0 Å². The highest BCUT2D eigenvalue weighted by Crippen LogP contribution is 2.39. The first-order valence-corrected chi connectivity index (χ1v) is 13.5. The molecule has 39 heavy (non-hydrogen) atoms. The van der Waals surface area contributed by atoms with E-state index in [4.69, 9.17) is 19.4 Å². The molecule has 0 aliphatic heterocycles. The van der Waals surface area contributed by atoms with Crippen LogP contribution >= 0.6 is 0 Å². The molecule has 196 valence electrons. The van der Waals surface area contributed by atoms with Crippen molar-refractivity contribution in [3.8, 4) is 22.6 Å². The van der Waals surface area contributed by atoms with Gasteiger partial charge in [-0.25, -0.2) is 19.5 Å². The molecule has 0 radical (unpaired) electrons. The third-order valence-corrected chi connectivity index (χ3v) is 7.34. The summed E-state index contributed by atoms with van der Waals surface area (Å²) in [5.41, 5.74) is 5.75. The summed E-state index contributed by atoms with van der Waals surface area (Å²) in [4.78, 5) is 14.7. The average Bonchev–Trinajstić information content (AvgIpc) is 3.25. The van der Waals surface area contributed by atoms with E-state index in [0.717, 1.165) is 50.4 Å². The Morgan fingerprint density at radius 2 is 1.38 bits per heavy atom. The standard InChI is InChI=1S/C34H35N4O/c1-20-13-15-24-25-17-22(30-35-31(33(2,3)4)37-32(36-30)34(5,6)7)14-16-27(25)39-29(24)28(20)26-18-21-11-9-10-12-23(21)19-38(26)8/h9-19H,1-8H3/q+1. The maximum Gasteiger partial charge on any atom is 0.216 e. The number of hydrogen-bond donors (Lipinski definition) is 0. The Morgan fingerprint density at radius 3 is 2.05 bits per heavy atom. The third kappa shape index (κ3) is 4.36. The van der Waals surface area contributed by atoms with Crippen LogP contribution in [0.5, 0.6) is 0 Å². The Kier molecular flexibility index (Phi) is 5.62. The number of fused-ring (bicyclic) bond motifs is 4. The molecule has 3 aromatic heterocycles. The smallest absolute Gasteiger partial charge is 0.216 e. The topological polar surface area (TPSA) is 55.7 Å². The first-order valence-electron chi connectivity index (χ1n) is 13.5. The molecule has 0 aliphatic rings. The highest BCUT2D eigenvalue weighted by atomic mass is 16.3. The SMILES string of the molecule is Cc1ccc2c(oc3ccc(-c4nc(C(C)(C)C)nc(C(C)(C)C)n4)cc32)c1-c1cc2ccccc2c[n+]1C. The second-order valence-corrected chi connectivity index (χ2v) is 12.7. The van der Waals surface area contributed by atoms with Crippen LogP contribution < -0.4 is 4.57 Å². The summed E-state index contributed by atoms with van der Waals surface area (Å²) in [7, 11) is 2.10. The predicted octanol–water partition coefficient (Wildman–Crippen LogP) is 7.99. The zero-order valence-corrected chi connectivity index (χ0v) is 24.0. The minimum Gasteiger partial charge on any atom is -0.455 e. The van der Waals surface area contributed by atoms with Gasteiger partial charge < -0.3 is 4.42 Å². The number of benzene rings is 3. The van der Waals surface area contributed by atoms with Gasteiger partial charge in [0.2, 0.25) is 5.69 Å². The van der Waals surface area contributed by atoms with Crippen LogP contribution in [-0.2, 0) is 17.9 Å². The minimum absolute atomic E-state index is 0.189. The fraction of sp³-hybridized carbons (Fsp3) is 0.294. The number of aryl methyl sites for hydroxylation is 2. The Bertz CT molecular complexity index is 1870. The molecule has 0 fully saturated rings. The summed E-state index contributed by atoms with van der Waals surface area (Å²) < 4.78 is 8.76. The molecule has 0 unspecified atom stereocenters. The fourth-order valence-electron chi connectivity index (χ4n) is 5.11. The molecule has 5 heteroatoms. The Hall–Kier alpha value is -4.12. The Balaban J connectivity index is 1.58. The van der Waals surface area contributed by atoms with E-state index in [-0.39, 0.29) is 10.8 Å². The van der Waals surface area contributed by atoms with E-state index >= 15 is 0 Å². The van der Waals surface area contributed by atoms with Crippen LogP contribution in [-0.4, -0.2) is 15.0 Å². The summed E-state index contributed by atoms with van der Waals surface area (Å²) in [6.07, 6.45) is 2.18. The number of nitrogens with zero attached hydrogens (tertiary/aromatic N) is 4. The predicted molar refractivity (Wildman–Crippen MR) is 159 cm³/mol. The first-order chi connectivity index (χ1) is 18.4. The van der Waals surface area contributed by atoms with E-state index in [9.17, 15) is 0 Å². The molecule has 5 nitrogen and oxygen atoms in total. The van der Waals surface area contributed by atoms with Crippen LogP contribution in [0.4, 0.5) is 0 Å². The lowest BCUT2D eigenvalue weighted by molar-refractivity contribution is -0.659.